The van der Waals surface area contributed by atoms with Crippen LogP contribution in [-0.2, 0) is 27.7 Å². The van der Waals surface area contributed by atoms with Gasteiger partial charge in [0, 0.05) is 38.0 Å². The van der Waals surface area contributed by atoms with Crippen molar-refractivity contribution in [2.75, 3.05) is 25.9 Å². The van der Waals surface area contributed by atoms with Crippen LogP contribution in [0.5, 0.6) is 0 Å². The van der Waals surface area contributed by atoms with Gasteiger partial charge in [0.2, 0.25) is 15.9 Å². The van der Waals surface area contributed by atoms with Crippen molar-refractivity contribution in [3.8, 4) is 0 Å². The Bertz CT molecular complexity index is 811. The lowest BCUT2D eigenvalue weighted by Gasteiger charge is -2.30. The third-order valence-electron chi connectivity index (χ3n) is 5.63. The van der Waals surface area contributed by atoms with Gasteiger partial charge in [-0.2, -0.15) is 0 Å². The fourth-order valence-corrected chi connectivity index (χ4v) is 4.78. The van der Waals surface area contributed by atoms with Crippen LogP contribution in [0.2, 0.25) is 0 Å². The fraction of sp³-hybridized carbons (Fsp3) is 0.600. The number of nitrogens with one attached hydrogen (secondary N) is 1. The minimum absolute atomic E-state index is 0.0151. The summed E-state index contributed by atoms with van der Waals surface area (Å²) in [6, 6.07) is 5.90. The topological polar surface area (TPSA) is 83.6 Å². The molecule has 6 nitrogen and oxygen atoms in total. The van der Waals surface area contributed by atoms with E-state index < -0.39 is 10.0 Å². The second kappa shape index (κ2) is 8.52. The van der Waals surface area contributed by atoms with Gasteiger partial charge in [-0.1, -0.05) is 12.1 Å². The number of nitrogens with zero attached hydrogens (tertiary/aromatic N) is 1. The molecule has 1 saturated heterocycles. The van der Waals surface area contributed by atoms with Gasteiger partial charge in [0.15, 0.2) is 5.78 Å². The molecule has 148 valence electrons. The Morgan fingerprint density at radius 3 is 2.52 bits per heavy atom. The summed E-state index contributed by atoms with van der Waals surface area (Å²) in [4.78, 5) is 24.4. The summed E-state index contributed by atoms with van der Waals surface area (Å²) in [7, 11) is -3.12. The van der Waals surface area contributed by atoms with Crippen LogP contribution in [0, 0.1) is 5.92 Å². The Kier molecular flexibility index (Phi) is 6.32. The summed E-state index contributed by atoms with van der Waals surface area (Å²) >= 11 is 0. The van der Waals surface area contributed by atoms with Crippen molar-refractivity contribution in [3.05, 3.63) is 34.9 Å². The average molecular weight is 393 g/mol. The Balaban J connectivity index is 1.38. The number of piperidine rings is 1. The number of hydrogen-bond donors (Lipinski definition) is 1. The number of carbonyl (C=O) groups excluding carboxylic acids is 2. The van der Waals surface area contributed by atoms with Crippen LogP contribution >= 0.6 is 0 Å². The molecule has 0 atom stereocenters. The zero-order valence-corrected chi connectivity index (χ0v) is 16.7. The summed E-state index contributed by atoms with van der Waals surface area (Å²) in [5.74, 6) is 0.190. The Hall–Kier alpha value is -1.73. The molecule has 2 aliphatic rings. The first-order valence-electron chi connectivity index (χ1n) is 9.70. The number of ketones is 1. The minimum Gasteiger partial charge on any atom is -0.356 e. The van der Waals surface area contributed by atoms with Crippen LogP contribution in [0.3, 0.4) is 0 Å². The van der Waals surface area contributed by atoms with Gasteiger partial charge < -0.3 is 5.32 Å². The lowest BCUT2D eigenvalue weighted by atomic mass is 9.98. The van der Waals surface area contributed by atoms with Gasteiger partial charge in [0.25, 0.3) is 0 Å². The number of aryl methyl sites for hydroxylation is 2. The number of amides is 1. The van der Waals surface area contributed by atoms with Crippen LogP contribution in [0.4, 0.5) is 0 Å². The van der Waals surface area contributed by atoms with Crippen molar-refractivity contribution < 1.29 is 18.0 Å². The maximum Gasteiger partial charge on any atom is 0.220 e. The van der Waals surface area contributed by atoms with Gasteiger partial charge >= 0.3 is 0 Å². The average Bonchev–Trinajstić information content (AvgIpc) is 3.11. The smallest absolute Gasteiger partial charge is 0.220 e. The third kappa shape index (κ3) is 5.39. The number of benzene rings is 1. The van der Waals surface area contributed by atoms with Crippen LogP contribution in [0.1, 0.15) is 53.6 Å². The molecule has 0 unspecified atom stereocenters. The van der Waals surface area contributed by atoms with Crippen LogP contribution in [0.25, 0.3) is 0 Å². The van der Waals surface area contributed by atoms with E-state index in [1.165, 1.54) is 21.7 Å². The third-order valence-corrected chi connectivity index (χ3v) is 6.93. The van der Waals surface area contributed by atoms with Crippen molar-refractivity contribution in [3.63, 3.8) is 0 Å². The molecule has 1 aromatic rings. The zero-order chi connectivity index (χ0) is 19.4. The molecule has 0 spiro atoms. The van der Waals surface area contributed by atoms with E-state index in [0.29, 0.717) is 31.1 Å². The lowest BCUT2D eigenvalue weighted by molar-refractivity contribution is -0.121. The van der Waals surface area contributed by atoms with E-state index in [4.69, 9.17) is 0 Å². The largest absolute Gasteiger partial charge is 0.356 e. The quantitative estimate of drug-likeness (QED) is 0.719. The van der Waals surface area contributed by atoms with E-state index >= 15 is 0 Å². The Labute approximate surface area is 161 Å². The predicted molar refractivity (Wildman–Crippen MR) is 104 cm³/mol. The van der Waals surface area contributed by atoms with Gasteiger partial charge in [-0.05, 0) is 55.2 Å². The molecular weight excluding hydrogens is 364 g/mol. The maximum atomic E-state index is 12.3. The molecule has 27 heavy (non-hydrogen) atoms. The van der Waals surface area contributed by atoms with Gasteiger partial charge in [0.05, 0.1) is 6.26 Å². The van der Waals surface area contributed by atoms with Gasteiger partial charge in [-0.3, -0.25) is 9.59 Å². The van der Waals surface area contributed by atoms with E-state index in [-0.39, 0.29) is 24.5 Å². The van der Waals surface area contributed by atoms with Gasteiger partial charge in [-0.15, -0.1) is 0 Å². The highest BCUT2D eigenvalue weighted by atomic mass is 32.2. The first-order valence-corrected chi connectivity index (χ1v) is 11.5. The SMILES string of the molecule is CS(=O)(=O)N1CCC(CNC(=O)CCC(=O)c2ccc3c(c2)CCC3)CC1. The van der Waals surface area contributed by atoms with Crippen molar-refractivity contribution in [2.45, 2.75) is 44.9 Å². The number of rotatable bonds is 7. The van der Waals surface area contributed by atoms with E-state index in [1.54, 1.807) is 0 Å². The summed E-state index contributed by atoms with van der Waals surface area (Å²) in [5.41, 5.74) is 3.31. The van der Waals surface area contributed by atoms with Crippen LogP contribution in [0.15, 0.2) is 18.2 Å². The summed E-state index contributed by atoms with van der Waals surface area (Å²) in [6.07, 6.45) is 6.42. The number of sulfonamides is 1. The monoisotopic (exact) mass is 392 g/mol. The lowest BCUT2D eigenvalue weighted by Crippen LogP contribution is -2.41. The molecule has 3 rings (SSSR count). The van der Waals surface area contributed by atoms with Crippen LogP contribution in [-0.4, -0.2) is 50.3 Å². The molecule has 0 radical (unpaired) electrons. The zero-order valence-electron chi connectivity index (χ0n) is 15.9. The molecule has 1 aliphatic heterocycles. The number of fused-ring (bicyclic) bond motifs is 1. The minimum atomic E-state index is -3.12. The predicted octanol–water partition coefficient (Wildman–Crippen LogP) is 1.93. The second-order valence-electron chi connectivity index (χ2n) is 7.67. The molecule has 1 N–H and O–H groups in total. The van der Waals surface area contributed by atoms with Crippen molar-refractivity contribution in [2.24, 2.45) is 5.92 Å². The Morgan fingerprint density at radius 2 is 1.81 bits per heavy atom. The normalized spacial score (nSPS) is 18.3. The molecule has 0 aromatic heterocycles. The molecule has 7 heteroatoms. The number of hydrogen-bond acceptors (Lipinski definition) is 4. The summed E-state index contributed by atoms with van der Waals surface area (Å²) in [5, 5.41) is 2.90. The molecule has 1 heterocycles. The molecule has 0 saturated carbocycles. The highest BCUT2D eigenvalue weighted by Crippen LogP contribution is 2.23. The second-order valence-corrected chi connectivity index (χ2v) is 9.65. The summed E-state index contributed by atoms with van der Waals surface area (Å²) < 4.78 is 24.5. The highest BCUT2D eigenvalue weighted by Gasteiger charge is 2.25. The van der Waals surface area contributed by atoms with E-state index in [0.717, 1.165) is 32.1 Å². The van der Waals surface area contributed by atoms with E-state index in [2.05, 4.69) is 5.32 Å². The Morgan fingerprint density at radius 1 is 1.11 bits per heavy atom. The first kappa shape index (κ1) is 20.0. The molecule has 0 bridgehead atoms. The van der Waals surface area contributed by atoms with Gasteiger partial charge in [-0.25, -0.2) is 12.7 Å². The highest BCUT2D eigenvalue weighted by molar-refractivity contribution is 7.88. The maximum absolute atomic E-state index is 12.3. The molecule has 1 aromatic carbocycles. The van der Waals surface area contributed by atoms with Crippen molar-refractivity contribution in [1.82, 2.24) is 9.62 Å². The number of Topliss-reactive ketones (excluding diaryl/α,β-unsaturated/α-hetero) is 1. The molecule has 1 aliphatic carbocycles. The van der Waals surface area contributed by atoms with E-state index in [9.17, 15) is 18.0 Å². The van der Waals surface area contributed by atoms with Crippen molar-refractivity contribution in [1.29, 1.82) is 0 Å². The molecule has 1 fully saturated rings. The standard InChI is InChI=1S/C20H28N2O4S/c1-27(25,26)22-11-9-15(10-12-22)14-21-20(24)8-7-19(23)18-6-5-16-3-2-4-17(16)13-18/h5-6,13,15H,2-4,7-12,14H2,1H3,(H,21,24). The fourth-order valence-electron chi connectivity index (χ4n) is 3.91. The van der Waals surface area contributed by atoms with Gasteiger partial charge in [0.1, 0.15) is 0 Å². The summed E-state index contributed by atoms with van der Waals surface area (Å²) in [6.45, 7) is 1.57. The van der Waals surface area contributed by atoms with E-state index in [1.807, 2.05) is 18.2 Å². The molecular formula is C20H28N2O4S. The van der Waals surface area contributed by atoms with Crippen molar-refractivity contribution >= 4 is 21.7 Å². The molecule has 1 amide bonds. The number of carbonyl (C=O) groups is 2. The first-order chi connectivity index (χ1) is 12.8. The van der Waals surface area contributed by atoms with Crippen LogP contribution < -0.4 is 5.32 Å².